The molecule has 4 nitrogen and oxygen atoms in total. The van der Waals surface area contributed by atoms with Crippen LogP contribution in [0, 0.1) is 0 Å². The number of anilines is 1. The van der Waals surface area contributed by atoms with Gasteiger partial charge in [-0.2, -0.15) is 0 Å². The van der Waals surface area contributed by atoms with Gasteiger partial charge in [-0.25, -0.2) is 4.79 Å². The van der Waals surface area contributed by atoms with E-state index in [-0.39, 0.29) is 0 Å². The number of nitrogen functional groups attached to an aromatic ring is 1. The molecule has 2 aromatic carbocycles. The third-order valence-electron chi connectivity index (χ3n) is 3.35. The van der Waals surface area contributed by atoms with Crippen LogP contribution < -0.4 is 5.73 Å². The fourth-order valence-corrected chi connectivity index (χ4v) is 2.29. The van der Waals surface area contributed by atoms with Gasteiger partial charge >= 0.3 is 5.97 Å². The first-order chi connectivity index (χ1) is 9.63. The average molecular weight is 266 g/mol. The van der Waals surface area contributed by atoms with Crippen molar-refractivity contribution in [1.82, 2.24) is 4.57 Å². The number of fused-ring (bicyclic) bond motifs is 1. The van der Waals surface area contributed by atoms with Gasteiger partial charge in [-0.15, -0.1) is 0 Å². The van der Waals surface area contributed by atoms with Crippen LogP contribution in [0.25, 0.3) is 10.9 Å². The fraction of sp³-hybridized carbons (Fsp3) is 0.0625. The zero-order chi connectivity index (χ0) is 14.1. The monoisotopic (exact) mass is 266 g/mol. The highest BCUT2D eigenvalue weighted by molar-refractivity contribution is 5.87. The van der Waals surface area contributed by atoms with Crippen LogP contribution in [0.5, 0.6) is 0 Å². The SMILES string of the molecule is Nc1ccc2ccn(Cc3ccc(C(=O)O)cc3)c2c1. The van der Waals surface area contributed by atoms with Crippen LogP contribution in [0.1, 0.15) is 15.9 Å². The lowest BCUT2D eigenvalue weighted by atomic mass is 10.1. The van der Waals surface area contributed by atoms with Crippen molar-refractivity contribution in [2.24, 2.45) is 0 Å². The van der Waals surface area contributed by atoms with Gasteiger partial charge in [0.2, 0.25) is 0 Å². The van der Waals surface area contributed by atoms with E-state index in [9.17, 15) is 4.79 Å². The van der Waals surface area contributed by atoms with E-state index < -0.39 is 5.97 Å². The molecule has 0 fully saturated rings. The third-order valence-corrected chi connectivity index (χ3v) is 3.35. The van der Waals surface area contributed by atoms with Gasteiger partial charge in [-0.1, -0.05) is 18.2 Å². The molecule has 0 atom stereocenters. The Kier molecular flexibility index (Phi) is 2.91. The normalized spacial score (nSPS) is 10.8. The molecule has 0 amide bonds. The number of nitrogens with zero attached hydrogens (tertiary/aromatic N) is 1. The summed E-state index contributed by atoms with van der Waals surface area (Å²) in [5.41, 5.74) is 8.98. The molecule has 1 aromatic heterocycles. The minimum Gasteiger partial charge on any atom is -0.478 e. The van der Waals surface area contributed by atoms with E-state index in [4.69, 9.17) is 10.8 Å². The molecule has 1 heterocycles. The Morgan fingerprint density at radius 2 is 1.85 bits per heavy atom. The molecule has 100 valence electrons. The van der Waals surface area contributed by atoms with Crippen LogP contribution in [0.4, 0.5) is 5.69 Å². The molecule has 3 aromatic rings. The van der Waals surface area contributed by atoms with Crippen molar-refractivity contribution in [3.05, 3.63) is 65.9 Å². The quantitative estimate of drug-likeness (QED) is 0.716. The van der Waals surface area contributed by atoms with Crippen molar-refractivity contribution in [3.8, 4) is 0 Å². The Bertz CT molecular complexity index is 773. The van der Waals surface area contributed by atoms with Crippen molar-refractivity contribution < 1.29 is 9.90 Å². The minimum atomic E-state index is -0.907. The maximum Gasteiger partial charge on any atom is 0.335 e. The number of hydrogen-bond donors (Lipinski definition) is 2. The second kappa shape index (κ2) is 4.74. The third kappa shape index (κ3) is 2.23. The summed E-state index contributed by atoms with van der Waals surface area (Å²) < 4.78 is 2.10. The molecule has 0 bridgehead atoms. The predicted molar refractivity (Wildman–Crippen MR) is 78.9 cm³/mol. The number of rotatable bonds is 3. The summed E-state index contributed by atoms with van der Waals surface area (Å²) >= 11 is 0. The van der Waals surface area contributed by atoms with Crippen LogP contribution in [0.15, 0.2) is 54.7 Å². The maximum absolute atomic E-state index is 10.8. The van der Waals surface area contributed by atoms with Gasteiger partial charge in [0.15, 0.2) is 0 Å². The highest BCUT2D eigenvalue weighted by Gasteiger charge is 2.04. The molecular weight excluding hydrogens is 252 g/mol. The van der Waals surface area contributed by atoms with E-state index in [0.29, 0.717) is 12.1 Å². The Labute approximate surface area is 116 Å². The van der Waals surface area contributed by atoms with Gasteiger partial charge in [0.25, 0.3) is 0 Å². The molecule has 0 spiro atoms. The number of benzene rings is 2. The van der Waals surface area contributed by atoms with E-state index in [2.05, 4.69) is 4.57 Å². The second-order valence-corrected chi connectivity index (χ2v) is 4.76. The van der Waals surface area contributed by atoms with Crippen LogP contribution >= 0.6 is 0 Å². The first kappa shape index (κ1) is 12.3. The highest BCUT2D eigenvalue weighted by atomic mass is 16.4. The summed E-state index contributed by atoms with van der Waals surface area (Å²) in [4.78, 5) is 10.8. The molecule has 0 saturated heterocycles. The Hall–Kier alpha value is -2.75. The van der Waals surface area contributed by atoms with Crippen LogP contribution in [-0.2, 0) is 6.54 Å². The van der Waals surface area contributed by atoms with Crippen LogP contribution in [0.2, 0.25) is 0 Å². The molecular formula is C16H14N2O2. The zero-order valence-electron chi connectivity index (χ0n) is 10.8. The molecule has 3 rings (SSSR count). The van der Waals surface area contributed by atoms with Crippen LogP contribution in [-0.4, -0.2) is 15.6 Å². The van der Waals surface area contributed by atoms with Gasteiger partial charge in [0, 0.05) is 18.4 Å². The molecule has 0 saturated carbocycles. The Morgan fingerprint density at radius 3 is 2.55 bits per heavy atom. The number of carbonyl (C=O) groups is 1. The van der Waals surface area contributed by atoms with E-state index in [1.54, 1.807) is 12.1 Å². The van der Waals surface area contributed by atoms with E-state index >= 15 is 0 Å². The second-order valence-electron chi connectivity index (χ2n) is 4.76. The summed E-state index contributed by atoms with van der Waals surface area (Å²) in [7, 11) is 0. The molecule has 20 heavy (non-hydrogen) atoms. The minimum absolute atomic E-state index is 0.301. The van der Waals surface area contributed by atoms with E-state index in [1.807, 2.05) is 42.6 Å². The van der Waals surface area contributed by atoms with Crippen LogP contribution in [0.3, 0.4) is 0 Å². The van der Waals surface area contributed by atoms with Gasteiger partial charge in [0.1, 0.15) is 0 Å². The summed E-state index contributed by atoms with van der Waals surface area (Å²) in [6.45, 7) is 0.687. The van der Waals surface area contributed by atoms with E-state index in [0.717, 1.165) is 22.2 Å². The lowest BCUT2D eigenvalue weighted by Gasteiger charge is -2.06. The van der Waals surface area contributed by atoms with Gasteiger partial charge in [-0.05, 0) is 41.3 Å². The molecule has 0 aliphatic heterocycles. The van der Waals surface area contributed by atoms with Gasteiger partial charge in [-0.3, -0.25) is 0 Å². The number of carboxylic acid groups (broad SMARTS) is 1. The summed E-state index contributed by atoms with van der Waals surface area (Å²) in [5.74, 6) is -0.907. The average Bonchev–Trinajstić information content (AvgIpc) is 2.82. The standard InChI is InChI=1S/C16H14N2O2/c17-14-6-5-12-7-8-18(15(12)9-14)10-11-1-3-13(4-2-11)16(19)20/h1-9H,10,17H2,(H,19,20). The summed E-state index contributed by atoms with van der Waals surface area (Å²) in [5, 5.41) is 10.0. The fourth-order valence-electron chi connectivity index (χ4n) is 2.29. The smallest absolute Gasteiger partial charge is 0.335 e. The van der Waals surface area contributed by atoms with Crippen molar-refractivity contribution in [1.29, 1.82) is 0 Å². The number of carboxylic acids is 1. The van der Waals surface area contributed by atoms with Crippen molar-refractivity contribution >= 4 is 22.6 Å². The predicted octanol–water partition coefficient (Wildman–Crippen LogP) is 2.97. The first-order valence-corrected chi connectivity index (χ1v) is 6.30. The van der Waals surface area contributed by atoms with Gasteiger partial charge in [0.05, 0.1) is 11.1 Å². The topological polar surface area (TPSA) is 68.2 Å². The number of aromatic carboxylic acids is 1. The Balaban J connectivity index is 1.92. The molecule has 0 aliphatic rings. The highest BCUT2D eigenvalue weighted by Crippen LogP contribution is 2.20. The lowest BCUT2D eigenvalue weighted by molar-refractivity contribution is 0.0697. The first-order valence-electron chi connectivity index (χ1n) is 6.30. The molecule has 0 aliphatic carbocycles. The molecule has 0 radical (unpaired) electrons. The summed E-state index contributed by atoms with van der Waals surface area (Å²) in [6.07, 6.45) is 2.01. The molecule has 3 N–H and O–H groups in total. The Morgan fingerprint density at radius 1 is 1.10 bits per heavy atom. The number of aromatic nitrogens is 1. The molecule has 4 heteroatoms. The largest absolute Gasteiger partial charge is 0.478 e. The lowest BCUT2D eigenvalue weighted by Crippen LogP contribution is -2.00. The van der Waals surface area contributed by atoms with E-state index in [1.165, 1.54) is 0 Å². The molecule has 0 unspecified atom stereocenters. The number of hydrogen-bond acceptors (Lipinski definition) is 2. The van der Waals surface area contributed by atoms with Gasteiger partial charge < -0.3 is 15.4 Å². The number of nitrogens with two attached hydrogens (primary N) is 1. The van der Waals surface area contributed by atoms with Crippen molar-refractivity contribution in [3.63, 3.8) is 0 Å². The van der Waals surface area contributed by atoms with Crippen molar-refractivity contribution in [2.75, 3.05) is 5.73 Å². The van der Waals surface area contributed by atoms with Crippen molar-refractivity contribution in [2.45, 2.75) is 6.54 Å². The summed E-state index contributed by atoms with van der Waals surface area (Å²) in [6, 6.07) is 14.8. The zero-order valence-corrected chi connectivity index (χ0v) is 10.8. The maximum atomic E-state index is 10.8.